The molecule has 2 atom stereocenters. The third kappa shape index (κ3) is 7.33. The lowest BCUT2D eigenvalue weighted by Gasteiger charge is -2.35. The monoisotopic (exact) mass is 381 g/mol. The van der Waals surface area contributed by atoms with Gasteiger partial charge >= 0.3 is 6.03 Å². The lowest BCUT2D eigenvalue weighted by molar-refractivity contribution is 0.137. The highest BCUT2D eigenvalue weighted by Crippen LogP contribution is 2.17. The number of benzene rings is 1. The fourth-order valence-corrected chi connectivity index (χ4v) is 4.09. The molecule has 1 heterocycles. The fraction of sp³-hybridized carbons (Fsp3) is 0.632. The van der Waals surface area contributed by atoms with Crippen LogP contribution in [0, 0.1) is 5.92 Å². The minimum Gasteiger partial charge on any atom is -0.337 e. The lowest BCUT2D eigenvalue weighted by atomic mass is 9.99. The van der Waals surface area contributed by atoms with Gasteiger partial charge in [-0.1, -0.05) is 31.2 Å². The van der Waals surface area contributed by atoms with Crippen molar-refractivity contribution >= 4 is 15.9 Å². The predicted molar refractivity (Wildman–Crippen MR) is 105 cm³/mol. The standard InChI is InChI=1S/C19H31N3O3S/c1-15-5-4-10-22(13-15)16(2)11-20-19(23)21-12-17-6-8-18(9-7-17)14-26(3,24)25/h6-9,15-16H,4-5,10-14H2,1-3H3,(H2,20,21,23)/t15-,16-/m0/s1. The molecular formula is C19H31N3O3S. The Kier molecular flexibility index (Phi) is 7.46. The van der Waals surface area contributed by atoms with Crippen molar-refractivity contribution in [3.63, 3.8) is 0 Å². The summed E-state index contributed by atoms with van der Waals surface area (Å²) in [6.45, 7) is 7.68. The van der Waals surface area contributed by atoms with E-state index in [-0.39, 0.29) is 11.8 Å². The number of sulfone groups is 1. The summed E-state index contributed by atoms with van der Waals surface area (Å²) in [7, 11) is -3.03. The summed E-state index contributed by atoms with van der Waals surface area (Å²) in [6.07, 6.45) is 3.74. The number of likely N-dealkylation sites (tertiary alicyclic amines) is 1. The van der Waals surface area contributed by atoms with Crippen molar-refractivity contribution in [2.45, 2.75) is 45.0 Å². The third-order valence-corrected chi connectivity index (χ3v) is 5.63. The van der Waals surface area contributed by atoms with Crippen molar-refractivity contribution < 1.29 is 13.2 Å². The number of amides is 2. The number of carbonyl (C=O) groups excluding carboxylic acids is 1. The number of hydrogen-bond donors (Lipinski definition) is 2. The highest BCUT2D eigenvalue weighted by molar-refractivity contribution is 7.89. The summed E-state index contributed by atoms with van der Waals surface area (Å²) < 4.78 is 22.6. The second-order valence-electron chi connectivity index (χ2n) is 7.54. The van der Waals surface area contributed by atoms with E-state index in [1.54, 1.807) is 12.1 Å². The summed E-state index contributed by atoms with van der Waals surface area (Å²) in [5.74, 6) is 0.763. The van der Waals surface area contributed by atoms with Crippen molar-refractivity contribution in [3.8, 4) is 0 Å². The van der Waals surface area contributed by atoms with Crippen molar-refractivity contribution in [2.24, 2.45) is 5.92 Å². The first-order valence-electron chi connectivity index (χ1n) is 9.24. The summed E-state index contributed by atoms with van der Waals surface area (Å²) in [5, 5.41) is 5.78. The molecule has 1 saturated heterocycles. The van der Waals surface area contributed by atoms with E-state index in [2.05, 4.69) is 29.4 Å². The number of piperidine rings is 1. The molecule has 7 heteroatoms. The lowest BCUT2D eigenvalue weighted by Crippen LogP contribution is -2.48. The molecular weight excluding hydrogens is 350 g/mol. The van der Waals surface area contributed by atoms with Gasteiger partial charge in [-0.2, -0.15) is 0 Å². The third-order valence-electron chi connectivity index (χ3n) is 4.77. The van der Waals surface area contributed by atoms with Crippen molar-refractivity contribution in [3.05, 3.63) is 35.4 Å². The van der Waals surface area contributed by atoms with Crippen LogP contribution in [0.4, 0.5) is 4.79 Å². The van der Waals surface area contributed by atoms with Crippen LogP contribution in [-0.4, -0.2) is 51.3 Å². The Morgan fingerprint density at radius 3 is 2.50 bits per heavy atom. The van der Waals surface area contributed by atoms with E-state index in [9.17, 15) is 13.2 Å². The van der Waals surface area contributed by atoms with Crippen LogP contribution >= 0.6 is 0 Å². The van der Waals surface area contributed by atoms with Crippen LogP contribution in [0.25, 0.3) is 0 Å². The molecule has 0 aliphatic carbocycles. The van der Waals surface area contributed by atoms with E-state index in [4.69, 9.17) is 0 Å². The van der Waals surface area contributed by atoms with Gasteiger partial charge in [0.05, 0.1) is 5.75 Å². The van der Waals surface area contributed by atoms with E-state index in [1.165, 1.54) is 19.1 Å². The summed E-state index contributed by atoms with van der Waals surface area (Å²) >= 11 is 0. The van der Waals surface area contributed by atoms with Gasteiger partial charge < -0.3 is 10.6 Å². The maximum absolute atomic E-state index is 12.0. The minimum atomic E-state index is -3.03. The van der Waals surface area contributed by atoms with Gasteiger partial charge in [0.15, 0.2) is 9.84 Å². The molecule has 1 aliphatic rings. The number of rotatable bonds is 7. The van der Waals surface area contributed by atoms with Crippen LogP contribution in [-0.2, 0) is 22.1 Å². The maximum Gasteiger partial charge on any atom is 0.315 e. The zero-order chi connectivity index (χ0) is 19.2. The molecule has 1 fully saturated rings. The molecule has 0 unspecified atom stereocenters. The van der Waals surface area contributed by atoms with E-state index in [0.717, 1.165) is 30.1 Å². The zero-order valence-electron chi connectivity index (χ0n) is 16.0. The highest BCUT2D eigenvalue weighted by atomic mass is 32.2. The predicted octanol–water partition coefficient (Wildman–Crippen LogP) is 2.15. The molecule has 1 aromatic rings. The molecule has 0 saturated carbocycles. The molecule has 0 bridgehead atoms. The highest BCUT2D eigenvalue weighted by Gasteiger charge is 2.21. The van der Waals surface area contributed by atoms with Gasteiger partial charge in [-0.25, -0.2) is 13.2 Å². The van der Waals surface area contributed by atoms with Crippen LogP contribution in [0.3, 0.4) is 0 Å². The van der Waals surface area contributed by atoms with Gasteiger partial charge in [0.1, 0.15) is 0 Å². The van der Waals surface area contributed by atoms with Gasteiger partial charge in [0, 0.05) is 31.9 Å². The Morgan fingerprint density at radius 2 is 1.88 bits per heavy atom. The topological polar surface area (TPSA) is 78.5 Å². The number of nitrogens with one attached hydrogen (secondary N) is 2. The molecule has 146 valence electrons. The maximum atomic E-state index is 12.0. The van der Waals surface area contributed by atoms with Crippen LogP contribution in [0.1, 0.15) is 37.8 Å². The largest absolute Gasteiger partial charge is 0.337 e. The van der Waals surface area contributed by atoms with Gasteiger partial charge in [0.2, 0.25) is 0 Å². The molecule has 1 aromatic carbocycles. The molecule has 0 spiro atoms. The summed E-state index contributed by atoms with van der Waals surface area (Å²) in [6, 6.07) is 7.42. The first kappa shape index (κ1) is 20.7. The van der Waals surface area contributed by atoms with Crippen LogP contribution < -0.4 is 10.6 Å². The van der Waals surface area contributed by atoms with Crippen LogP contribution in [0.15, 0.2) is 24.3 Å². The Hall–Kier alpha value is -1.60. The summed E-state index contributed by atoms with van der Waals surface area (Å²) in [4.78, 5) is 14.4. The number of hydrogen-bond acceptors (Lipinski definition) is 4. The van der Waals surface area contributed by atoms with Crippen LogP contribution in [0.5, 0.6) is 0 Å². The Morgan fingerprint density at radius 1 is 1.23 bits per heavy atom. The smallest absolute Gasteiger partial charge is 0.315 e. The average Bonchev–Trinajstić information content (AvgIpc) is 2.57. The summed E-state index contributed by atoms with van der Waals surface area (Å²) in [5.41, 5.74) is 1.69. The molecule has 6 nitrogen and oxygen atoms in total. The molecule has 2 amide bonds. The second-order valence-corrected chi connectivity index (χ2v) is 9.68. The van der Waals surface area contributed by atoms with Crippen LogP contribution in [0.2, 0.25) is 0 Å². The quantitative estimate of drug-likeness (QED) is 0.759. The Labute approximate surface area is 157 Å². The Bertz CT molecular complexity index is 688. The molecule has 2 rings (SSSR count). The van der Waals surface area contributed by atoms with E-state index >= 15 is 0 Å². The fourth-order valence-electron chi connectivity index (χ4n) is 3.30. The first-order valence-corrected chi connectivity index (χ1v) is 11.3. The first-order chi connectivity index (χ1) is 12.2. The van der Waals surface area contributed by atoms with E-state index in [0.29, 0.717) is 19.1 Å². The van der Waals surface area contributed by atoms with Crippen molar-refractivity contribution in [2.75, 3.05) is 25.9 Å². The Balaban J connectivity index is 1.71. The molecule has 0 radical (unpaired) electrons. The molecule has 0 aromatic heterocycles. The molecule has 1 aliphatic heterocycles. The van der Waals surface area contributed by atoms with Gasteiger partial charge in [0.25, 0.3) is 0 Å². The van der Waals surface area contributed by atoms with E-state index < -0.39 is 9.84 Å². The average molecular weight is 382 g/mol. The zero-order valence-corrected chi connectivity index (χ0v) is 16.8. The van der Waals surface area contributed by atoms with Crippen molar-refractivity contribution in [1.29, 1.82) is 0 Å². The molecule has 26 heavy (non-hydrogen) atoms. The number of urea groups is 1. The number of carbonyl (C=O) groups is 1. The number of nitrogens with zero attached hydrogens (tertiary/aromatic N) is 1. The van der Waals surface area contributed by atoms with Gasteiger partial charge in [-0.3, -0.25) is 4.90 Å². The second kappa shape index (κ2) is 9.37. The van der Waals surface area contributed by atoms with Gasteiger partial charge in [-0.15, -0.1) is 0 Å². The van der Waals surface area contributed by atoms with Crippen molar-refractivity contribution in [1.82, 2.24) is 15.5 Å². The SMILES string of the molecule is C[C@H]1CCCN([C@@H](C)CNC(=O)NCc2ccc(CS(C)(=O)=O)cc2)C1. The normalized spacial score (nSPS) is 19.7. The van der Waals surface area contributed by atoms with Gasteiger partial charge in [-0.05, 0) is 43.4 Å². The molecule has 2 N–H and O–H groups in total. The minimum absolute atomic E-state index is 0.0359. The van der Waals surface area contributed by atoms with E-state index in [1.807, 2.05) is 12.1 Å².